The van der Waals surface area contributed by atoms with Crippen LogP contribution in [0.1, 0.15) is 37.0 Å². The largest absolute Gasteiger partial charge is 0.325 e. The van der Waals surface area contributed by atoms with Gasteiger partial charge in [0.15, 0.2) is 5.16 Å². The fourth-order valence-corrected chi connectivity index (χ4v) is 5.67. The number of thioether (sulfide) groups is 1. The van der Waals surface area contributed by atoms with Crippen LogP contribution in [0.2, 0.25) is 0 Å². The normalized spacial score (nSPS) is 16.4. The quantitative estimate of drug-likeness (QED) is 0.286. The minimum atomic E-state index is -0.347. The number of nitrogens with zero attached hydrogens (tertiary/aromatic N) is 4. The molecule has 7 nitrogen and oxygen atoms in total. The van der Waals surface area contributed by atoms with Gasteiger partial charge in [0.1, 0.15) is 0 Å². The van der Waals surface area contributed by atoms with Crippen LogP contribution in [0, 0.1) is 6.92 Å². The molecule has 36 heavy (non-hydrogen) atoms. The van der Waals surface area contributed by atoms with Gasteiger partial charge in [0.2, 0.25) is 11.7 Å². The Morgan fingerprint density at radius 1 is 1.25 bits per heavy atom. The first-order valence-electron chi connectivity index (χ1n) is 12.1. The van der Waals surface area contributed by atoms with Gasteiger partial charge in [-0.05, 0) is 43.0 Å². The Kier molecular flexibility index (Phi) is 6.30. The van der Waals surface area contributed by atoms with Gasteiger partial charge in [0.25, 0.3) is 5.56 Å². The van der Waals surface area contributed by atoms with Crippen molar-refractivity contribution in [2.45, 2.75) is 50.7 Å². The summed E-state index contributed by atoms with van der Waals surface area (Å²) in [6.45, 7) is 10.5. The average molecular weight is 500 g/mol. The number of hydrogen-bond donors (Lipinski definition) is 1. The lowest BCUT2D eigenvalue weighted by atomic mass is 9.69. The number of hydrogen-bond acceptors (Lipinski definition) is 5. The van der Waals surface area contributed by atoms with Crippen molar-refractivity contribution in [1.29, 1.82) is 0 Å². The van der Waals surface area contributed by atoms with Crippen molar-refractivity contribution in [1.82, 2.24) is 19.2 Å². The Morgan fingerprint density at radius 2 is 2.06 bits per heavy atom. The van der Waals surface area contributed by atoms with Crippen LogP contribution in [0.3, 0.4) is 0 Å². The Morgan fingerprint density at radius 3 is 2.81 bits per heavy atom. The first-order chi connectivity index (χ1) is 17.3. The summed E-state index contributed by atoms with van der Waals surface area (Å²) < 4.78 is 3.24. The molecule has 0 bridgehead atoms. The van der Waals surface area contributed by atoms with Gasteiger partial charge in [-0.15, -0.1) is 11.7 Å². The second-order valence-corrected chi connectivity index (χ2v) is 10.4. The van der Waals surface area contributed by atoms with Crippen molar-refractivity contribution in [3.8, 4) is 11.3 Å². The third-order valence-electron chi connectivity index (χ3n) is 6.87. The minimum absolute atomic E-state index is 0.117. The highest BCUT2D eigenvalue weighted by Gasteiger charge is 2.38. The van der Waals surface area contributed by atoms with E-state index in [0.717, 1.165) is 35.3 Å². The van der Waals surface area contributed by atoms with Crippen LogP contribution >= 0.6 is 11.8 Å². The van der Waals surface area contributed by atoms with Gasteiger partial charge in [-0.3, -0.25) is 9.59 Å². The Hall–Kier alpha value is -3.65. The van der Waals surface area contributed by atoms with Gasteiger partial charge < -0.3 is 5.32 Å². The van der Waals surface area contributed by atoms with Gasteiger partial charge >= 0.3 is 0 Å². The predicted octanol–water partition coefficient (Wildman–Crippen LogP) is 5.01. The molecule has 0 unspecified atom stereocenters. The second kappa shape index (κ2) is 9.43. The van der Waals surface area contributed by atoms with Crippen molar-refractivity contribution in [3.05, 3.63) is 88.2 Å². The standard InChI is InChI=1S/C28H29N5O2S/c1-5-14-32-26-30-24-21-13-8-7-11-19(21)16-28(4,6-2)23(24)25(35)33(26)27(31-32)36-17-22(34)29-20-12-9-10-18(3)15-20/h5,7-13,15H,1,6,14,16-17H2,2-4H3,(H,29,34)/t28-/m0/s1. The minimum Gasteiger partial charge on any atom is -0.325 e. The zero-order chi connectivity index (χ0) is 25.4. The van der Waals surface area contributed by atoms with Crippen LogP contribution in [0.4, 0.5) is 5.69 Å². The molecule has 2 aromatic carbocycles. The topological polar surface area (TPSA) is 81.3 Å². The molecule has 2 heterocycles. The molecule has 0 saturated carbocycles. The van der Waals surface area contributed by atoms with Crippen LogP contribution < -0.4 is 10.9 Å². The zero-order valence-electron chi connectivity index (χ0n) is 20.7. The highest BCUT2D eigenvalue weighted by molar-refractivity contribution is 7.99. The van der Waals surface area contributed by atoms with Gasteiger partial charge in [0, 0.05) is 16.7 Å². The first kappa shape index (κ1) is 24.1. The fraction of sp³-hybridized carbons (Fsp3) is 0.286. The van der Waals surface area contributed by atoms with Crippen molar-refractivity contribution < 1.29 is 4.79 Å². The van der Waals surface area contributed by atoms with Gasteiger partial charge in [-0.25, -0.2) is 14.1 Å². The number of rotatable bonds is 7. The summed E-state index contributed by atoms with van der Waals surface area (Å²) in [4.78, 5) is 31.8. The molecule has 1 aliphatic rings. The van der Waals surface area contributed by atoms with Crippen molar-refractivity contribution in [2.24, 2.45) is 0 Å². The van der Waals surface area contributed by atoms with E-state index in [-0.39, 0.29) is 22.6 Å². The summed E-state index contributed by atoms with van der Waals surface area (Å²) in [5.41, 5.74) is 4.98. The zero-order valence-corrected chi connectivity index (χ0v) is 21.6. The molecule has 1 N–H and O–H groups in total. The smallest absolute Gasteiger partial charge is 0.265 e. The maximum absolute atomic E-state index is 14.1. The van der Waals surface area contributed by atoms with Crippen LogP contribution in [0.5, 0.6) is 0 Å². The molecule has 4 aromatic rings. The molecule has 2 aromatic heterocycles. The molecule has 0 saturated heterocycles. The lowest BCUT2D eigenvalue weighted by Gasteiger charge is -2.35. The van der Waals surface area contributed by atoms with Crippen molar-refractivity contribution in [3.63, 3.8) is 0 Å². The molecule has 0 spiro atoms. The summed E-state index contributed by atoms with van der Waals surface area (Å²) in [5.74, 6) is 0.407. The van der Waals surface area contributed by atoms with E-state index in [2.05, 4.69) is 36.9 Å². The van der Waals surface area contributed by atoms with Gasteiger partial charge in [-0.2, -0.15) is 0 Å². The van der Waals surface area contributed by atoms with Crippen LogP contribution in [0.15, 0.2) is 71.1 Å². The first-order valence-corrected chi connectivity index (χ1v) is 13.1. The van der Waals surface area contributed by atoms with E-state index in [4.69, 9.17) is 4.98 Å². The third kappa shape index (κ3) is 4.15. The summed E-state index contributed by atoms with van der Waals surface area (Å²) in [5, 5.41) is 8.03. The van der Waals surface area contributed by atoms with E-state index in [1.54, 1.807) is 15.2 Å². The highest BCUT2D eigenvalue weighted by atomic mass is 32.2. The molecule has 8 heteroatoms. The molecular formula is C28H29N5O2S. The number of aromatic nitrogens is 4. The maximum atomic E-state index is 14.1. The molecule has 184 valence electrons. The van der Waals surface area contributed by atoms with E-state index < -0.39 is 0 Å². The Bertz CT molecular complexity index is 1550. The van der Waals surface area contributed by atoms with E-state index >= 15 is 0 Å². The van der Waals surface area contributed by atoms with Crippen LogP contribution in [0.25, 0.3) is 17.0 Å². The van der Waals surface area contributed by atoms with E-state index in [0.29, 0.717) is 23.0 Å². The number of benzene rings is 2. The maximum Gasteiger partial charge on any atom is 0.265 e. The molecule has 0 aliphatic heterocycles. The van der Waals surface area contributed by atoms with Gasteiger partial charge in [-0.1, -0.05) is 68.1 Å². The number of fused-ring (bicyclic) bond motifs is 4. The van der Waals surface area contributed by atoms with E-state index in [1.807, 2.05) is 49.4 Å². The van der Waals surface area contributed by atoms with Crippen molar-refractivity contribution in [2.75, 3.05) is 11.1 Å². The molecule has 0 fully saturated rings. The lowest BCUT2D eigenvalue weighted by Crippen LogP contribution is -2.38. The number of amides is 1. The second-order valence-electron chi connectivity index (χ2n) is 9.48. The van der Waals surface area contributed by atoms with Crippen LogP contribution in [-0.4, -0.2) is 30.8 Å². The Balaban J connectivity index is 1.58. The molecule has 1 amide bonds. The SMILES string of the molecule is C=CCn1nc(SCC(=O)Nc2cccc(C)c2)n2c(=O)c3c(nc12)-c1ccccc1C[C@]3(C)CC. The number of allylic oxidation sites excluding steroid dienone is 1. The summed E-state index contributed by atoms with van der Waals surface area (Å²) in [6.07, 6.45) is 3.30. The number of aryl methyl sites for hydroxylation is 1. The summed E-state index contributed by atoms with van der Waals surface area (Å²) in [7, 11) is 0. The molecule has 5 rings (SSSR count). The molecular weight excluding hydrogens is 470 g/mol. The average Bonchev–Trinajstić information content (AvgIpc) is 3.20. The van der Waals surface area contributed by atoms with Gasteiger partial charge in [0.05, 0.1) is 23.6 Å². The summed E-state index contributed by atoms with van der Waals surface area (Å²) in [6, 6.07) is 15.8. The molecule has 0 radical (unpaired) electrons. The number of anilines is 1. The monoisotopic (exact) mass is 499 g/mol. The van der Waals surface area contributed by atoms with E-state index in [1.165, 1.54) is 17.3 Å². The predicted molar refractivity (Wildman–Crippen MR) is 145 cm³/mol. The van der Waals surface area contributed by atoms with Crippen molar-refractivity contribution >= 4 is 29.1 Å². The third-order valence-corrected chi connectivity index (χ3v) is 7.80. The number of nitrogens with one attached hydrogen (secondary N) is 1. The summed E-state index contributed by atoms with van der Waals surface area (Å²) >= 11 is 1.23. The number of carbonyl (C=O) groups is 1. The number of carbonyl (C=O) groups excluding carboxylic acids is 1. The fourth-order valence-electron chi connectivity index (χ4n) is 4.89. The highest BCUT2D eigenvalue weighted by Crippen LogP contribution is 2.42. The Labute approximate surface area is 214 Å². The lowest BCUT2D eigenvalue weighted by molar-refractivity contribution is -0.113. The molecule has 1 atom stereocenters. The molecule has 1 aliphatic carbocycles. The van der Waals surface area contributed by atoms with Crippen LogP contribution in [-0.2, 0) is 23.2 Å². The van der Waals surface area contributed by atoms with E-state index in [9.17, 15) is 9.59 Å².